The molecule has 1 atom stereocenters. The summed E-state index contributed by atoms with van der Waals surface area (Å²) in [7, 11) is 1.59. The Hall–Kier alpha value is -2.46. The summed E-state index contributed by atoms with van der Waals surface area (Å²) >= 11 is 6.16. The third kappa shape index (κ3) is 5.26. The molecule has 4 nitrogen and oxygen atoms in total. The van der Waals surface area contributed by atoms with Gasteiger partial charge in [-0.1, -0.05) is 35.9 Å². The summed E-state index contributed by atoms with van der Waals surface area (Å²) in [5.74, 6) is 1.12. The molecule has 0 fully saturated rings. The molecule has 0 aliphatic rings. The minimum Gasteiger partial charge on any atom is -0.493 e. The fourth-order valence-corrected chi connectivity index (χ4v) is 2.70. The summed E-state index contributed by atoms with van der Waals surface area (Å²) in [6.45, 7) is 4.35. The number of benzene rings is 2. The third-order valence-electron chi connectivity index (χ3n) is 3.65. The zero-order chi connectivity index (χ0) is 18.2. The third-order valence-corrected chi connectivity index (χ3v) is 3.99. The molecule has 2 aromatic carbocycles. The van der Waals surface area contributed by atoms with E-state index in [0.717, 1.165) is 11.1 Å². The molecule has 25 heavy (non-hydrogen) atoms. The lowest BCUT2D eigenvalue weighted by Crippen LogP contribution is -2.24. The Bertz CT molecular complexity index is 758. The number of hydrogen-bond acceptors (Lipinski definition) is 3. The van der Waals surface area contributed by atoms with Crippen molar-refractivity contribution >= 4 is 23.6 Å². The summed E-state index contributed by atoms with van der Waals surface area (Å²) in [5.41, 5.74) is 1.73. The van der Waals surface area contributed by atoms with Gasteiger partial charge in [0.1, 0.15) is 0 Å². The highest BCUT2D eigenvalue weighted by molar-refractivity contribution is 6.31. The SMILES string of the molecule is CCOc1cc(/C=C/C(=O)NC(C)c2ccccc2Cl)ccc1OC. The van der Waals surface area contributed by atoms with Crippen LogP contribution in [0, 0.1) is 0 Å². The van der Waals surface area contributed by atoms with E-state index in [-0.39, 0.29) is 11.9 Å². The molecule has 0 bridgehead atoms. The fourth-order valence-electron chi connectivity index (χ4n) is 2.40. The molecule has 132 valence electrons. The quantitative estimate of drug-likeness (QED) is 0.733. The average molecular weight is 360 g/mol. The van der Waals surface area contributed by atoms with Gasteiger partial charge in [-0.25, -0.2) is 0 Å². The van der Waals surface area contributed by atoms with Crippen molar-refractivity contribution in [2.45, 2.75) is 19.9 Å². The van der Waals surface area contributed by atoms with Gasteiger partial charge in [-0.2, -0.15) is 0 Å². The molecule has 2 rings (SSSR count). The molecule has 0 aromatic heterocycles. The predicted molar refractivity (Wildman–Crippen MR) is 101 cm³/mol. The van der Waals surface area contributed by atoms with E-state index in [9.17, 15) is 4.79 Å². The topological polar surface area (TPSA) is 47.6 Å². The number of rotatable bonds is 7. The smallest absolute Gasteiger partial charge is 0.244 e. The number of methoxy groups -OCH3 is 1. The summed E-state index contributed by atoms with van der Waals surface area (Å²) < 4.78 is 10.8. The van der Waals surface area contributed by atoms with E-state index in [0.29, 0.717) is 23.1 Å². The highest BCUT2D eigenvalue weighted by atomic mass is 35.5. The molecular formula is C20H22ClNO3. The van der Waals surface area contributed by atoms with Gasteiger partial charge < -0.3 is 14.8 Å². The number of carbonyl (C=O) groups excluding carboxylic acids is 1. The number of nitrogens with one attached hydrogen (secondary N) is 1. The first-order valence-corrected chi connectivity index (χ1v) is 8.46. The maximum Gasteiger partial charge on any atom is 0.244 e. The Kier molecular flexibility index (Phi) is 6.90. The Balaban J connectivity index is 2.05. The second-order valence-electron chi connectivity index (χ2n) is 5.43. The predicted octanol–water partition coefficient (Wildman–Crippen LogP) is 4.64. The Morgan fingerprint density at radius 1 is 1.24 bits per heavy atom. The van der Waals surface area contributed by atoms with Crippen LogP contribution in [-0.2, 0) is 4.79 Å². The van der Waals surface area contributed by atoms with Gasteiger partial charge in [0.15, 0.2) is 11.5 Å². The van der Waals surface area contributed by atoms with Crippen molar-refractivity contribution in [3.8, 4) is 11.5 Å². The van der Waals surface area contributed by atoms with Gasteiger partial charge in [0, 0.05) is 11.1 Å². The maximum absolute atomic E-state index is 12.1. The van der Waals surface area contributed by atoms with E-state index in [4.69, 9.17) is 21.1 Å². The number of amides is 1. The van der Waals surface area contributed by atoms with E-state index in [1.54, 1.807) is 13.2 Å². The van der Waals surface area contributed by atoms with E-state index in [1.165, 1.54) is 6.08 Å². The van der Waals surface area contributed by atoms with E-state index in [1.807, 2.05) is 56.3 Å². The standard InChI is InChI=1S/C20H22ClNO3/c1-4-25-19-13-15(9-11-18(19)24-3)10-12-20(23)22-14(2)16-7-5-6-8-17(16)21/h5-14H,4H2,1-3H3,(H,22,23)/b12-10+. The molecule has 0 saturated carbocycles. The molecule has 0 heterocycles. The molecule has 1 amide bonds. The van der Waals surface area contributed by atoms with Crippen molar-refractivity contribution in [3.05, 3.63) is 64.7 Å². The molecule has 0 radical (unpaired) electrons. The van der Waals surface area contributed by atoms with Crippen LogP contribution in [0.2, 0.25) is 5.02 Å². The second kappa shape index (κ2) is 9.14. The van der Waals surface area contributed by atoms with Gasteiger partial charge in [-0.15, -0.1) is 0 Å². The number of halogens is 1. The Morgan fingerprint density at radius 2 is 2.00 bits per heavy atom. The zero-order valence-electron chi connectivity index (χ0n) is 14.6. The van der Waals surface area contributed by atoms with Crippen molar-refractivity contribution in [2.24, 2.45) is 0 Å². The van der Waals surface area contributed by atoms with Gasteiger partial charge in [-0.05, 0) is 49.2 Å². The van der Waals surface area contributed by atoms with Gasteiger partial charge in [-0.3, -0.25) is 4.79 Å². The molecule has 0 spiro atoms. The molecule has 1 N–H and O–H groups in total. The normalized spacial score (nSPS) is 12.0. The van der Waals surface area contributed by atoms with Crippen molar-refractivity contribution in [1.29, 1.82) is 0 Å². The van der Waals surface area contributed by atoms with Crippen molar-refractivity contribution in [1.82, 2.24) is 5.32 Å². The molecule has 0 aliphatic carbocycles. The molecule has 0 saturated heterocycles. The fraction of sp³-hybridized carbons (Fsp3) is 0.250. The summed E-state index contributed by atoms with van der Waals surface area (Å²) in [5, 5.41) is 3.54. The van der Waals surface area contributed by atoms with Crippen LogP contribution in [-0.4, -0.2) is 19.6 Å². The van der Waals surface area contributed by atoms with Gasteiger partial charge >= 0.3 is 0 Å². The van der Waals surface area contributed by atoms with Crippen molar-refractivity contribution < 1.29 is 14.3 Å². The van der Waals surface area contributed by atoms with Crippen LogP contribution in [0.25, 0.3) is 6.08 Å². The van der Waals surface area contributed by atoms with Gasteiger partial charge in [0.05, 0.1) is 19.8 Å². The lowest BCUT2D eigenvalue weighted by Gasteiger charge is -2.14. The van der Waals surface area contributed by atoms with Crippen molar-refractivity contribution in [2.75, 3.05) is 13.7 Å². The number of hydrogen-bond donors (Lipinski definition) is 1. The van der Waals surface area contributed by atoms with Crippen LogP contribution in [0.3, 0.4) is 0 Å². The van der Waals surface area contributed by atoms with Crippen LogP contribution in [0.5, 0.6) is 11.5 Å². The van der Waals surface area contributed by atoms with Crippen LogP contribution < -0.4 is 14.8 Å². The van der Waals surface area contributed by atoms with E-state index in [2.05, 4.69) is 5.32 Å². The zero-order valence-corrected chi connectivity index (χ0v) is 15.3. The average Bonchev–Trinajstić information content (AvgIpc) is 2.60. The van der Waals surface area contributed by atoms with Crippen LogP contribution in [0.15, 0.2) is 48.5 Å². The summed E-state index contributed by atoms with van der Waals surface area (Å²) in [6.07, 6.45) is 3.22. The monoisotopic (exact) mass is 359 g/mol. The van der Waals surface area contributed by atoms with Gasteiger partial charge in [0.2, 0.25) is 5.91 Å². The molecule has 1 unspecified atom stereocenters. The second-order valence-corrected chi connectivity index (χ2v) is 5.84. The van der Waals surface area contributed by atoms with Crippen LogP contribution >= 0.6 is 11.6 Å². The van der Waals surface area contributed by atoms with Crippen LogP contribution in [0.1, 0.15) is 31.0 Å². The van der Waals surface area contributed by atoms with Gasteiger partial charge in [0.25, 0.3) is 0 Å². The summed E-state index contributed by atoms with van der Waals surface area (Å²) in [4.78, 5) is 12.1. The van der Waals surface area contributed by atoms with Crippen LogP contribution in [0.4, 0.5) is 0 Å². The van der Waals surface area contributed by atoms with E-state index < -0.39 is 0 Å². The lowest BCUT2D eigenvalue weighted by molar-refractivity contribution is -0.117. The Morgan fingerprint density at radius 3 is 2.68 bits per heavy atom. The minimum atomic E-state index is -0.193. The van der Waals surface area contributed by atoms with Crippen molar-refractivity contribution in [3.63, 3.8) is 0 Å². The highest BCUT2D eigenvalue weighted by Crippen LogP contribution is 2.28. The number of ether oxygens (including phenoxy) is 2. The molecule has 0 aliphatic heterocycles. The summed E-state index contributed by atoms with van der Waals surface area (Å²) in [6, 6.07) is 12.8. The first-order valence-electron chi connectivity index (χ1n) is 8.09. The first-order chi connectivity index (χ1) is 12.0. The minimum absolute atomic E-state index is 0.180. The number of carbonyl (C=O) groups is 1. The highest BCUT2D eigenvalue weighted by Gasteiger charge is 2.10. The molecular weight excluding hydrogens is 338 g/mol. The van der Waals surface area contributed by atoms with E-state index >= 15 is 0 Å². The Labute approximate surface area is 153 Å². The molecule has 5 heteroatoms. The first kappa shape index (κ1) is 18.9. The largest absolute Gasteiger partial charge is 0.493 e. The lowest BCUT2D eigenvalue weighted by atomic mass is 10.1. The maximum atomic E-state index is 12.1. The molecule has 2 aromatic rings.